The fourth-order valence-electron chi connectivity index (χ4n) is 1.84. The van der Waals surface area contributed by atoms with Crippen LogP contribution in [0.15, 0.2) is 22.7 Å². The number of piperazine rings is 1. The Balaban J connectivity index is 2.16. The van der Waals surface area contributed by atoms with Crippen LogP contribution in [0.3, 0.4) is 0 Å². The summed E-state index contributed by atoms with van der Waals surface area (Å²) in [6.07, 6.45) is 0. The first-order chi connectivity index (χ1) is 8.08. The van der Waals surface area contributed by atoms with E-state index in [1.165, 1.54) is 0 Å². The highest BCUT2D eigenvalue weighted by molar-refractivity contribution is 14.1. The first kappa shape index (κ1) is 13.3. The van der Waals surface area contributed by atoms with Gasteiger partial charge in [-0.3, -0.25) is 4.79 Å². The van der Waals surface area contributed by atoms with E-state index in [0.717, 1.165) is 39.8 Å². The van der Waals surface area contributed by atoms with E-state index in [-0.39, 0.29) is 5.91 Å². The van der Waals surface area contributed by atoms with E-state index in [9.17, 15) is 4.79 Å². The molecular formula is C12H14BrIN2O. The highest BCUT2D eigenvalue weighted by atomic mass is 127. The SMILES string of the molecule is CN1CCN(C(=O)c2cc(I)ccc2Br)CC1. The largest absolute Gasteiger partial charge is 0.336 e. The average Bonchev–Trinajstić information content (AvgIpc) is 2.32. The molecule has 0 unspecified atom stereocenters. The second-order valence-electron chi connectivity index (χ2n) is 4.22. The number of carbonyl (C=O) groups excluding carboxylic acids is 1. The number of hydrogen-bond donors (Lipinski definition) is 0. The summed E-state index contributed by atoms with van der Waals surface area (Å²) in [5.74, 6) is 0.128. The Morgan fingerprint density at radius 1 is 1.29 bits per heavy atom. The zero-order valence-electron chi connectivity index (χ0n) is 9.62. The van der Waals surface area contributed by atoms with Gasteiger partial charge in [0.1, 0.15) is 0 Å². The molecule has 0 spiro atoms. The molecule has 3 nitrogen and oxygen atoms in total. The first-order valence-electron chi connectivity index (χ1n) is 5.51. The lowest BCUT2D eigenvalue weighted by molar-refractivity contribution is 0.0663. The number of halogens is 2. The number of nitrogens with zero attached hydrogens (tertiary/aromatic N) is 2. The van der Waals surface area contributed by atoms with Gasteiger partial charge in [0.15, 0.2) is 0 Å². The van der Waals surface area contributed by atoms with E-state index in [1.54, 1.807) is 0 Å². The van der Waals surface area contributed by atoms with Crippen LogP contribution in [0.25, 0.3) is 0 Å². The van der Waals surface area contributed by atoms with Crippen molar-refractivity contribution in [2.45, 2.75) is 0 Å². The summed E-state index contributed by atoms with van der Waals surface area (Å²) in [5.41, 5.74) is 0.765. The van der Waals surface area contributed by atoms with Crippen molar-refractivity contribution in [1.29, 1.82) is 0 Å². The van der Waals surface area contributed by atoms with Crippen molar-refractivity contribution < 1.29 is 4.79 Å². The summed E-state index contributed by atoms with van der Waals surface area (Å²) >= 11 is 5.68. The Bertz CT molecular complexity index is 431. The smallest absolute Gasteiger partial charge is 0.255 e. The lowest BCUT2D eigenvalue weighted by atomic mass is 10.2. The molecular weight excluding hydrogens is 395 g/mol. The summed E-state index contributed by atoms with van der Waals surface area (Å²) in [5, 5.41) is 0. The maximum absolute atomic E-state index is 12.4. The van der Waals surface area contributed by atoms with Gasteiger partial charge in [-0.25, -0.2) is 0 Å². The van der Waals surface area contributed by atoms with Crippen LogP contribution in [-0.2, 0) is 0 Å². The standard InChI is InChI=1S/C12H14BrIN2O/c1-15-4-6-16(7-5-15)12(17)10-8-9(14)2-3-11(10)13/h2-3,8H,4-7H2,1H3. The topological polar surface area (TPSA) is 23.6 Å². The summed E-state index contributed by atoms with van der Waals surface area (Å²) in [7, 11) is 2.09. The van der Waals surface area contributed by atoms with Crippen LogP contribution >= 0.6 is 38.5 Å². The summed E-state index contributed by atoms with van der Waals surface area (Å²) in [6, 6.07) is 5.86. The van der Waals surface area contributed by atoms with E-state index < -0.39 is 0 Å². The van der Waals surface area contributed by atoms with Crippen LogP contribution in [-0.4, -0.2) is 48.9 Å². The number of rotatable bonds is 1. The van der Waals surface area contributed by atoms with Gasteiger partial charge in [-0.1, -0.05) is 0 Å². The molecule has 1 saturated heterocycles. The Hall–Kier alpha value is -0.140. The van der Waals surface area contributed by atoms with Crippen molar-refractivity contribution in [2.75, 3.05) is 33.2 Å². The molecule has 5 heteroatoms. The van der Waals surface area contributed by atoms with Crippen molar-refractivity contribution in [3.8, 4) is 0 Å². The molecule has 0 N–H and O–H groups in total. The Morgan fingerprint density at radius 2 is 1.94 bits per heavy atom. The molecule has 1 amide bonds. The molecule has 0 radical (unpaired) electrons. The first-order valence-corrected chi connectivity index (χ1v) is 7.38. The Labute approximate surface area is 123 Å². The molecule has 1 aliphatic heterocycles. The highest BCUT2D eigenvalue weighted by Crippen LogP contribution is 2.21. The predicted molar refractivity (Wildman–Crippen MR) is 80.3 cm³/mol. The van der Waals surface area contributed by atoms with Crippen LogP contribution < -0.4 is 0 Å². The number of hydrogen-bond acceptors (Lipinski definition) is 2. The third-order valence-electron chi connectivity index (χ3n) is 2.95. The Kier molecular flexibility index (Phi) is 4.43. The minimum atomic E-state index is 0.128. The van der Waals surface area contributed by atoms with Gasteiger partial charge in [0.05, 0.1) is 5.56 Å². The molecule has 92 valence electrons. The van der Waals surface area contributed by atoms with Crippen LogP contribution in [0, 0.1) is 3.57 Å². The zero-order valence-corrected chi connectivity index (χ0v) is 13.4. The monoisotopic (exact) mass is 408 g/mol. The molecule has 1 heterocycles. The molecule has 1 aliphatic rings. The maximum atomic E-state index is 12.4. The fraction of sp³-hybridized carbons (Fsp3) is 0.417. The van der Waals surface area contributed by atoms with Gasteiger partial charge in [-0.2, -0.15) is 0 Å². The minimum Gasteiger partial charge on any atom is -0.336 e. The number of likely N-dealkylation sites (N-methyl/N-ethyl adjacent to an activating group) is 1. The fourth-order valence-corrected chi connectivity index (χ4v) is 2.75. The van der Waals surface area contributed by atoms with Gasteiger partial charge in [-0.05, 0) is 63.8 Å². The van der Waals surface area contributed by atoms with Crippen molar-refractivity contribution in [3.63, 3.8) is 0 Å². The van der Waals surface area contributed by atoms with E-state index >= 15 is 0 Å². The molecule has 0 bridgehead atoms. The quantitative estimate of drug-likeness (QED) is 0.666. The van der Waals surface area contributed by atoms with Crippen molar-refractivity contribution in [1.82, 2.24) is 9.80 Å². The molecule has 1 fully saturated rings. The second-order valence-corrected chi connectivity index (χ2v) is 6.32. The minimum absolute atomic E-state index is 0.128. The van der Waals surface area contributed by atoms with E-state index in [1.807, 2.05) is 23.1 Å². The molecule has 0 aromatic heterocycles. The second kappa shape index (κ2) is 5.67. The van der Waals surface area contributed by atoms with E-state index in [0.29, 0.717) is 0 Å². The molecule has 17 heavy (non-hydrogen) atoms. The normalized spacial score (nSPS) is 17.2. The third kappa shape index (κ3) is 3.20. The Morgan fingerprint density at radius 3 is 2.59 bits per heavy atom. The molecule has 1 aromatic carbocycles. The van der Waals surface area contributed by atoms with Crippen LogP contribution in [0.5, 0.6) is 0 Å². The van der Waals surface area contributed by atoms with Gasteiger partial charge in [0, 0.05) is 34.2 Å². The molecule has 2 rings (SSSR count). The van der Waals surface area contributed by atoms with Crippen molar-refractivity contribution >= 4 is 44.4 Å². The summed E-state index contributed by atoms with van der Waals surface area (Å²) in [6.45, 7) is 3.53. The summed E-state index contributed by atoms with van der Waals surface area (Å²) < 4.78 is 1.96. The lowest BCUT2D eigenvalue weighted by Crippen LogP contribution is -2.47. The van der Waals surface area contributed by atoms with Crippen LogP contribution in [0.4, 0.5) is 0 Å². The molecule has 1 aromatic rings. The van der Waals surface area contributed by atoms with Gasteiger partial charge in [-0.15, -0.1) is 0 Å². The van der Waals surface area contributed by atoms with Crippen LogP contribution in [0.2, 0.25) is 0 Å². The molecule has 0 atom stereocenters. The van der Waals surface area contributed by atoms with Gasteiger partial charge >= 0.3 is 0 Å². The average molecular weight is 409 g/mol. The van der Waals surface area contributed by atoms with E-state index in [4.69, 9.17) is 0 Å². The zero-order chi connectivity index (χ0) is 12.4. The molecule has 0 aliphatic carbocycles. The van der Waals surface area contributed by atoms with E-state index in [2.05, 4.69) is 50.5 Å². The number of amides is 1. The predicted octanol–water partition coefficient (Wildman–Crippen LogP) is 2.44. The maximum Gasteiger partial charge on any atom is 0.255 e. The van der Waals surface area contributed by atoms with Gasteiger partial charge in [0.2, 0.25) is 0 Å². The van der Waals surface area contributed by atoms with Gasteiger partial charge in [0.25, 0.3) is 5.91 Å². The van der Waals surface area contributed by atoms with Gasteiger partial charge < -0.3 is 9.80 Å². The molecule has 0 saturated carbocycles. The highest BCUT2D eigenvalue weighted by Gasteiger charge is 2.21. The lowest BCUT2D eigenvalue weighted by Gasteiger charge is -2.32. The number of benzene rings is 1. The number of carbonyl (C=O) groups is 1. The summed E-state index contributed by atoms with van der Waals surface area (Å²) in [4.78, 5) is 16.5. The van der Waals surface area contributed by atoms with Crippen molar-refractivity contribution in [3.05, 3.63) is 31.8 Å². The third-order valence-corrected chi connectivity index (χ3v) is 4.31. The van der Waals surface area contributed by atoms with Crippen LogP contribution in [0.1, 0.15) is 10.4 Å². The van der Waals surface area contributed by atoms with Crippen molar-refractivity contribution in [2.24, 2.45) is 0 Å².